The van der Waals surface area contributed by atoms with Crippen LogP contribution in [-0.4, -0.2) is 47.1 Å². The highest BCUT2D eigenvalue weighted by atomic mass is 16.5. The fourth-order valence-electron chi connectivity index (χ4n) is 5.26. The van der Waals surface area contributed by atoms with Crippen LogP contribution in [0.3, 0.4) is 0 Å². The molecule has 0 saturated carbocycles. The van der Waals surface area contributed by atoms with Crippen molar-refractivity contribution in [2.75, 3.05) is 24.6 Å². The van der Waals surface area contributed by atoms with Gasteiger partial charge >= 0.3 is 0 Å². The lowest BCUT2D eigenvalue weighted by Gasteiger charge is -2.33. The van der Waals surface area contributed by atoms with Crippen molar-refractivity contribution in [2.24, 2.45) is 5.92 Å². The first kappa shape index (κ1) is 18.3. The van der Waals surface area contributed by atoms with Crippen LogP contribution in [0.4, 0.5) is 5.69 Å². The van der Waals surface area contributed by atoms with E-state index in [-0.39, 0.29) is 17.9 Å². The SMILES string of the molecule is CCOc1ccc(N2C(=O)[C@H]3[C@H](c4ccccc4)N4CCCN4[C@@]3(C)C2=O)cc1. The Morgan fingerprint density at radius 2 is 1.76 bits per heavy atom. The average Bonchev–Trinajstić information content (AvgIpc) is 3.36. The van der Waals surface area contributed by atoms with Crippen molar-refractivity contribution in [2.45, 2.75) is 31.8 Å². The molecule has 3 atom stereocenters. The van der Waals surface area contributed by atoms with E-state index >= 15 is 0 Å². The number of hydrazine groups is 1. The molecule has 0 unspecified atom stereocenters. The molecule has 3 heterocycles. The van der Waals surface area contributed by atoms with Gasteiger partial charge in [-0.3, -0.25) is 9.59 Å². The minimum atomic E-state index is -0.854. The van der Waals surface area contributed by atoms with Crippen LogP contribution in [0.25, 0.3) is 0 Å². The third kappa shape index (κ3) is 2.49. The van der Waals surface area contributed by atoms with Gasteiger partial charge in [-0.2, -0.15) is 0 Å². The predicted molar refractivity (Wildman–Crippen MR) is 109 cm³/mol. The Morgan fingerprint density at radius 1 is 1.03 bits per heavy atom. The van der Waals surface area contributed by atoms with E-state index in [4.69, 9.17) is 4.74 Å². The zero-order valence-corrected chi connectivity index (χ0v) is 16.7. The number of anilines is 1. The first-order valence-electron chi connectivity index (χ1n) is 10.3. The summed E-state index contributed by atoms with van der Waals surface area (Å²) in [6.07, 6.45) is 0.996. The molecule has 5 rings (SSSR count). The number of amides is 2. The Hall–Kier alpha value is -2.70. The lowest BCUT2D eigenvalue weighted by Crippen LogP contribution is -2.52. The Balaban J connectivity index is 1.57. The monoisotopic (exact) mass is 391 g/mol. The molecule has 0 radical (unpaired) electrons. The highest BCUT2D eigenvalue weighted by molar-refractivity contribution is 6.26. The summed E-state index contributed by atoms with van der Waals surface area (Å²) in [4.78, 5) is 28.7. The molecule has 0 bridgehead atoms. The van der Waals surface area contributed by atoms with Gasteiger partial charge < -0.3 is 4.74 Å². The predicted octanol–water partition coefficient (Wildman–Crippen LogP) is 3.01. The normalized spacial score (nSPS) is 29.4. The van der Waals surface area contributed by atoms with Crippen LogP contribution in [-0.2, 0) is 9.59 Å². The van der Waals surface area contributed by atoms with Crippen LogP contribution in [0.1, 0.15) is 31.9 Å². The van der Waals surface area contributed by atoms with Gasteiger partial charge in [0.15, 0.2) is 0 Å². The molecule has 29 heavy (non-hydrogen) atoms. The van der Waals surface area contributed by atoms with Crippen molar-refractivity contribution < 1.29 is 14.3 Å². The molecule has 0 N–H and O–H groups in total. The van der Waals surface area contributed by atoms with Gasteiger partial charge in [-0.25, -0.2) is 14.9 Å². The molecule has 0 spiro atoms. The van der Waals surface area contributed by atoms with Gasteiger partial charge in [-0.1, -0.05) is 30.3 Å². The number of nitrogens with zero attached hydrogens (tertiary/aromatic N) is 3. The third-order valence-electron chi connectivity index (χ3n) is 6.52. The lowest BCUT2D eigenvalue weighted by atomic mass is 9.81. The first-order chi connectivity index (χ1) is 14.1. The number of fused-ring (bicyclic) bond motifs is 3. The third-order valence-corrected chi connectivity index (χ3v) is 6.52. The number of carbonyl (C=O) groups excluding carboxylic acids is 2. The first-order valence-corrected chi connectivity index (χ1v) is 10.3. The van der Waals surface area contributed by atoms with Crippen molar-refractivity contribution in [3.8, 4) is 5.75 Å². The Labute approximate surface area is 170 Å². The van der Waals surface area contributed by atoms with E-state index in [1.165, 1.54) is 4.90 Å². The van der Waals surface area contributed by atoms with Crippen molar-refractivity contribution >= 4 is 17.5 Å². The fraction of sp³-hybridized carbons (Fsp3) is 0.391. The number of benzene rings is 2. The van der Waals surface area contributed by atoms with E-state index in [2.05, 4.69) is 22.2 Å². The summed E-state index contributed by atoms with van der Waals surface area (Å²) in [5.41, 5.74) is 0.839. The van der Waals surface area contributed by atoms with E-state index in [9.17, 15) is 9.59 Å². The van der Waals surface area contributed by atoms with Crippen LogP contribution in [0, 0.1) is 5.92 Å². The summed E-state index contributed by atoms with van der Waals surface area (Å²) in [6.45, 7) is 6.11. The molecule has 3 aliphatic heterocycles. The summed E-state index contributed by atoms with van der Waals surface area (Å²) in [5, 5.41) is 4.38. The molecule has 3 saturated heterocycles. The summed E-state index contributed by atoms with van der Waals surface area (Å²) in [7, 11) is 0. The molecular weight excluding hydrogens is 366 g/mol. The molecule has 150 valence electrons. The second-order valence-corrected chi connectivity index (χ2v) is 8.03. The zero-order chi connectivity index (χ0) is 20.2. The minimum Gasteiger partial charge on any atom is -0.494 e. The number of hydrogen-bond acceptors (Lipinski definition) is 5. The van der Waals surface area contributed by atoms with Crippen LogP contribution >= 0.6 is 0 Å². The van der Waals surface area contributed by atoms with Crippen molar-refractivity contribution in [3.63, 3.8) is 0 Å². The molecular formula is C23H25N3O3. The maximum Gasteiger partial charge on any atom is 0.256 e. The summed E-state index contributed by atoms with van der Waals surface area (Å²) in [5.74, 6) is 0.0470. The van der Waals surface area contributed by atoms with E-state index in [1.54, 1.807) is 12.1 Å². The van der Waals surface area contributed by atoms with E-state index in [0.29, 0.717) is 12.3 Å². The van der Waals surface area contributed by atoms with Gasteiger partial charge in [-0.15, -0.1) is 0 Å². The molecule has 2 aromatic rings. The fourth-order valence-corrected chi connectivity index (χ4v) is 5.26. The number of imide groups is 1. The topological polar surface area (TPSA) is 53.1 Å². The largest absolute Gasteiger partial charge is 0.494 e. The van der Waals surface area contributed by atoms with Gasteiger partial charge in [0.1, 0.15) is 11.3 Å². The van der Waals surface area contributed by atoms with Crippen LogP contribution in [0.2, 0.25) is 0 Å². The van der Waals surface area contributed by atoms with Crippen LogP contribution < -0.4 is 9.64 Å². The standard InChI is InChI=1S/C23H25N3O3/c1-3-29-18-12-10-17(11-13-18)26-21(27)19-20(16-8-5-4-6-9-16)24-14-7-15-25(24)23(19,2)22(26)28/h4-6,8-13,19-20H,3,7,14-15H2,1-2H3/t19-,20+,23-/m1/s1. The molecule has 2 amide bonds. The van der Waals surface area contributed by atoms with Gasteiger partial charge in [0.2, 0.25) is 5.91 Å². The average molecular weight is 391 g/mol. The zero-order valence-electron chi connectivity index (χ0n) is 16.7. The van der Waals surface area contributed by atoms with Crippen molar-refractivity contribution in [3.05, 3.63) is 60.2 Å². The molecule has 6 heteroatoms. The smallest absolute Gasteiger partial charge is 0.256 e. The van der Waals surface area contributed by atoms with E-state index < -0.39 is 11.5 Å². The second-order valence-electron chi connectivity index (χ2n) is 8.03. The Morgan fingerprint density at radius 3 is 2.45 bits per heavy atom. The van der Waals surface area contributed by atoms with Crippen LogP contribution in [0.5, 0.6) is 5.75 Å². The number of hydrogen-bond donors (Lipinski definition) is 0. The van der Waals surface area contributed by atoms with E-state index in [0.717, 1.165) is 30.8 Å². The second kappa shape index (κ2) is 6.68. The van der Waals surface area contributed by atoms with Crippen molar-refractivity contribution in [1.82, 2.24) is 10.0 Å². The summed E-state index contributed by atoms with van der Waals surface area (Å²) in [6, 6.07) is 17.2. The minimum absolute atomic E-state index is 0.118. The number of carbonyl (C=O) groups is 2. The summed E-state index contributed by atoms with van der Waals surface area (Å²) < 4.78 is 5.50. The molecule has 2 aromatic carbocycles. The highest BCUT2D eigenvalue weighted by Crippen LogP contribution is 2.54. The molecule has 3 fully saturated rings. The van der Waals surface area contributed by atoms with Gasteiger partial charge in [0.25, 0.3) is 5.91 Å². The maximum absolute atomic E-state index is 13.7. The summed E-state index contributed by atoms with van der Waals surface area (Å²) >= 11 is 0. The molecule has 6 nitrogen and oxygen atoms in total. The van der Waals surface area contributed by atoms with E-state index in [1.807, 2.05) is 44.2 Å². The lowest BCUT2D eigenvalue weighted by molar-refractivity contribution is -0.131. The van der Waals surface area contributed by atoms with Crippen LogP contribution in [0.15, 0.2) is 54.6 Å². The number of rotatable bonds is 4. The van der Waals surface area contributed by atoms with Gasteiger partial charge in [-0.05, 0) is 50.1 Å². The number of ether oxygens (including phenoxy) is 1. The highest BCUT2D eigenvalue weighted by Gasteiger charge is 2.70. The molecule has 3 aliphatic rings. The van der Waals surface area contributed by atoms with Crippen molar-refractivity contribution in [1.29, 1.82) is 0 Å². The quantitative estimate of drug-likeness (QED) is 0.750. The Kier molecular flexibility index (Phi) is 4.22. The van der Waals surface area contributed by atoms with Gasteiger partial charge in [0, 0.05) is 13.1 Å². The molecule has 0 aliphatic carbocycles. The Bertz CT molecular complexity index is 946. The van der Waals surface area contributed by atoms with Gasteiger partial charge in [0.05, 0.1) is 24.3 Å². The molecule has 0 aromatic heterocycles. The maximum atomic E-state index is 13.7.